The van der Waals surface area contributed by atoms with Crippen LogP contribution in [0.5, 0.6) is 0 Å². The molecule has 2 aromatic carbocycles. The van der Waals surface area contributed by atoms with E-state index in [1.165, 1.54) is 0 Å². The zero-order valence-corrected chi connectivity index (χ0v) is 21.8. The van der Waals surface area contributed by atoms with E-state index in [0.29, 0.717) is 29.5 Å². The number of carbonyl (C=O) groups excluding carboxylic acids is 3. The standard InChI is InChI=1S/C27H33ClN6O3/c1-33-17-14-29-25(33)19-6-10-21(11-7-19)30-26(36)23(18-24(35)34-15-4-2-3-5-16-34)32-27(37)31-22-12-8-20(28)9-13-22/h6-13,23H,2-5,14-18H2,1H3,(H,30,36)(H2,31,32,37). The Morgan fingerprint density at radius 3 is 2.14 bits per heavy atom. The maximum Gasteiger partial charge on any atom is 0.319 e. The Morgan fingerprint density at radius 1 is 0.892 bits per heavy atom. The molecule has 2 aliphatic rings. The smallest absolute Gasteiger partial charge is 0.319 e. The number of amidine groups is 1. The molecule has 1 unspecified atom stereocenters. The van der Waals surface area contributed by atoms with Gasteiger partial charge >= 0.3 is 6.03 Å². The first-order valence-electron chi connectivity index (χ1n) is 12.7. The van der Waals surface area contributed by atoms with E-state index < -0.39 is 18.0 Å². The highest BCUT2D eigenvalue weighted by Crippen LogP contribution is 2.17. The van der Waals surface area contributed by atoms with Gasteiger partial charge in [-0.1, -0.05) is 24.4 Å². The summed E-state index contributed by atoms with van der Waals surface area (Å²) in [5, 5.41) is 8.76. The molecule has 0 bridgehead atoms. The molecule has 4 rings (SSSR count). The van der Waals surface area contributed by atoms with Gasteiger partial charge in [0.1, 0.15) is 11.9 Å². The van der Waals surface area contributed by atoms with Gasteiger partial charge in [-0.3, -0.25) is 14.6 Å². The number of rotatable bonds is 7. The Balaban J connectivity index is 1.44. The molecule has 10 heteroatoms. The molecule has 1 saturated heterocycles. The summed E-state index contributed by atoms with van der Waals surface area (Å²) in [5.41, 5.74) is 2.06. The number of nitrogens with one attached hydrogen (secondary N) is 3. The van der Waals surface area contributed by atoms with Gasteiger partial charge in [0.15, 0.2) is 0 Å². The number of carbonyl (C=O) groups is 3. The molecule has 4 amide bonds. The first-order chi connectivity index (χ1) is 17.9. The van der Waals surface area contributed by atoms with Crippen LogP contribution in [0.2, 0.25) is 5.02 Å². The summed E-state index contributed by atoms with van der Waals surface area (Å²) < 4.78 is 0. The highest BCUT2D eigenvalue weighted by molar-refractivity contribution is 6.30. The molecule has 2 heterocycles. The van der Waals surface area contributed by atoms with Crippen molar-refractivity contribution in [2.75, 3.05) is 43.9 Å². The van der Waals surface area contributed by atoms with E-state index in [1.54, 1.807) is 41.3 Å². The predicted octanol–water partition coefficient (Wildman–Crippen LogP) is 3.95. The van der Waals surface area contributed by atoms with Crippen LogP contribution in [0.4, 0.5) is 16.2 Å². The average molecular weight is 525 g/mol. The fourth-order valence-corrected chi connectivity index (χ4v) is 4.59. The number of likely N-dealkylation sites (N-methyl/N-ethyl adjacent to an activating group) is 1. The SMILES string of the molecule is CN1CCN=C1c1ccc(NC(=O)C(CC(=O)N2CCCCCC2)NC(=O)Nc2ccc(Cl)cc2)cc1. The van der Waals surface area contributed by atoms with Gasteiger partial charge in [0.25, 0.3) is 0 Å². The van der Waals surface area contributed by atoms with E-state index in [2.05, 4.69) is 25.8 Å². The minimum absolute atomic E-state index is 0.125. The van der Waals surface area contributed by atoms with E-state index in [-0.39, 0.29) is 12.3 Å². The molecule has 196 valence electrons. The molecule has 9 nitrogen and oxygen atoms in total. The molecule has 2 aromatic rings. The number of amides is 4. The second-order valence-corrected chi connectivity index (χ2v) is 9.79. The van der Waals surface area contributed by atoms with Crippen LogP contribution in [-0.2, 0) is 9.59 Å². The lowest BCUT2D eigenvalue weighted by atomic mass is 10.1. The molecule has 0 aromatic heterocycles. The summed E-state index contributed by atoms with van der Waals surface area (Å²) in [6.07, 6.45) is 3.95. The van der Waals surface area contributed by atoms with Gasteiger partial charge in [-0.25, -0.2) is 4.79 Å². The van der Waals surface area contributed by atoms with E-state index in [1.807, 2.05) is 19.2 Å². The number of benzene rings is 2. The highest BCUT2D eigenvalue weighted by atomic mass is 35.5. The van der Waals surface area contributed by atoms with Crippen molar-refractivity contribution in [1.82, 2.24) is 15.1 Å². The van der Waals surface area contributed by atoms with Gasteiger partial charge in [0.2, 0.25) is 11.8 Å². The molecule has 0 aliphatic carbocycles. The highest BCUT2D eigenvalue weighted by Gasteiger charge is 2.27. The normalized spacial score (nSPS) is 16.4. The number of hydrogen-bond donors (Lipinski definition) is 3. The van der Waals surface area contributed by atoms with Crippen LogP contribution >= 0.6 is 11.6 Å². The predicted molar refractivity (Wildman–Crippen MR) is 146 cm³/mol. The van der Waals surface area contributed by atoms with Gasteiger partial charge in [-0.2, -0.15) is 0 Å². The summed E-state index contributed by atoms with van der Waals surface area (Å²) in [5.74, 6) is 0.309. The third kappa shape index (κ3) is 7.45. The van der Waals surface area contributed by atoms with Crippen molar-refractivity contribution in [3.63, 3.8) is 0 Å². The van der Waals surface area contributed by atoms with Gasteiger partial charge in [0, 0.05) is 48.6 Å². The van der Waals surface area contributed by atoms with Crippen molar-refractivity contribution in [2.24, 2.45) is 4.99 Å². The number of halogens is 1. The van der Waals surface area contributed by atoms with Crippen LogP contribution in [0, 0.1) is 0 Å². The second-order valence-electron chi connectivity index (χ2n) is 9.35. The minimum atomic E-state index is -1.05. The van der Waals surface area contributed by atoms with E-state index in [9.17, 15) is 14.4 Å². The lowest BCUT2D eigenvalue weighted by Gasteiger charge is -2.24. The molecular weight excluding hydrogens is 492 g/mol. The number of likely N-dealkylation sites (tertiary alicyclic amines) is 1. The van der Waals surface area contributed by atoms with Gasteiger partial charge < -0.3 is 25.8 Å². The zero-order valence-electron chi connectivity index (χ0n) is 21.0. The quantitative estimate of drug-likeness (QED) is 0.510. The number of nitrogens with zero attached hydrogens (tertiary/aromatic N) is 3. The number of anilines is 2. The summed E-state index contributed by atoms with van der Waals surface area (Å²) in [4.78, 5) is 47.4. The fourth-order valence-electron chi connectivity index (χ4n) is 4.47. The number of aliphatic imine (C=N–C) groups is 1. The second kappa shape index (κ2) is 12.6. The molecule has 0 spiro atoms. The van der Waals surface area contributed by atoms with Crippen molar-refractivity contribution in [3.8, 4) is 0 Å². The Bertz CT molecular complexity index is 1130. The van der Waals surface area contributed by atoms with Crippen LogP contribution in [0.1, 0.15) is 37.7 Å². The van der Waals surface area contributed by atoms with Crippen molar-refractivity contribution >= 4 is 46.7 Å². The van der Waals surface area contributed by atoms with Crippen molar-refractivity contribution < 1.29 is 14.4 Å². The molecule has 1 atom stereocenters. The van der Waals surface area contributed by atoms with Crippen LogP contribution in [-0.4, -0.2) is 72.7 Å². The fraction of sp³-hybridized carbons (Fsp3) is 0.407. The Morgan fingerprint density at radius 2 is 1.51 bits per heavy atom. The largest absolute Gasteiger partial charge is 0.358 e. The lowest BCUT2D eigenvalue weighted by molar-refractivity contribution is -0.133. The van der Waals surface area contributed by atoms with Gasteiger partial charge in [0.05, 0.1) is 13.0 Å². The number of hydrogen-bond acceptors (Lipinski definition) is 5. The Kier molecular flexibility index (Phi) is 9.00. The van der Waals surface area contributed by atoms with Crippen LogP contribution in [0.3, 0.4) is 0 Å². The first-order valence-corrected chi connectivity index (χ1v) is 13.0. The Labute approximate surface area is 222 Å². The summed E-state index contributed by atoms with van der Waals surface area (Å²) >= 11 is 5.92. The average Bonchev–Trinajstić information content (AvgIpc) is 3.13. The third-order valence-electron chi connectivity index (χ3n) is 6.53. The Hall–Kier alpha value is -3.59. The molecule has 2 aliphatic heterocycles. The van der Waals surface area contributed by atoms with Gasteiger partial charge in [-0.15, -0.1) is 0 Å². The topological polar surface area (TPSA) is 106 Å². The molecular formula is C27H33ClN6O3. The summed E-state index contributed by atoms with van der Waals surface area (Å²) in [7, 11) is 1.99. The van der Waals surface area contributed by atoms with Crippen LogP contribution < -0.4 is 16.0 Å². The van der Waals surface area contributed by atoms with Crippen molar-refractivity contribution in [1.29, 1.82) is 0 Å². The number of urea groups is 1. The third-order valence-corrected chi connectivity index (χ3v) is 6.78. The summed E-state index contributed by atoms with van der Waals surface area (Å²) in [6.45, 7) is 2.99. The van der Waals surface area contributed by atoms with Crippen LogP contribution in [0.15, 0.2) is 53.5 Å². The molecule has 1 fully saturated rings. The van der Waals surface area contributed by atoms with E-state index in [4.69, 9.17) is 11.6 Å². The van der Waals surface area contributed by atoms with Crippen molar-refractivity contribution in [2.45, 2.75) is 38.1 Å². The monoisotopic (exact) mass is 524 g/mol. The van der Waals surface area contributed by atoms with Crippen LogP contribution in [0.25, 0.3) is 0 Å². The molecule has 3 N–H and O–H groups in total. The first kappa shape index (κ1) is 26.5. The molecule has 0 saturated carbocycles. The van der Waals surface area contributed by atoms with Gasteiger partial charge in [-0.05, 0) is 61.4 Å². The zero-order chi connectivity index (χ0) is 26.2. The van der Waals surface area contributed by atoms with Crippen molar-refractivity contribution in [3.05, 3.63) is 59.1 Å². The maximum absolute atomic E-state index is 13.3. The van der Waals surface area contributed by atoms with E-state index >= 15 is 0 Å². The van der Waals surface area contributed by atoms with E-state index in [0.717, 1.165) is 50.2 Å². The lowest BCUT2D eigenvalue weighted by Crippen LogP contribution is -2.48. The minimum Gasteiger partial charge on any atom is -0.358 e. The molecule has 0 radical (unpaired) electrons. The summed E-state index contributed by atoms with van der Waals surface area (Å²) in [6, 6.07) is 12.4. The maximum atomic E-state index is 13.3. The molecule has 37 heavy (non-hydrogen) atoms.